The monoisotopic (exact) mass is 273 g/mol. The van der Waals surface area contributed by atoms with E-state index >= 15 is 0 Å². The number of hydrogen-bond donors (Lipinski definition) is 2. The second-order valence-electron chi connectivity index (χ2n) is 5.35. The zero-order chi connectivity index (χ0) is 15.3. The van der Waals surface area contributed by atoms with Gasteiger partial charge in [-0.25, -0.2) is 4.98 Å². The fourth-order valence-electron chi connectivity index (χ4n) is 1.99. The number of amides is 2. The number of nitrogens with zero attached hydrogens (tertiary/aromatic N) is 1. The molecule has 5 nitrogen and oxygen atoms in total. The molecule has 1 atom stereocenters. The van der Waals surface area contributed by atoms with Crippen molar-refractivity contribution >= 4 is 25.4 Å². The highest BCUT2D eigenvalue weighted by molar-refractivity contribution is 6.57. The molecule has 0 saturated carbocycles. The van der Waals surface area contributed by atoms with Crippen LogP contribution in [-0.4, -0.2) is 30.6 Å². The van der Waals surface area contributed by atoms with E-state index in [0.29, 0.717) is 12.2 Å². The first-order chi connectivity index (χ1) is 9.27. The van der Waals surface area contributed by atoms with E-state index in [1.54, 1.807) is 6.07 Å². The average molecular weight is 273 g/mol. The lowest BCUT2D eigenvalue weighted by molar-refractivity contribution is -0.118. The maximum Gasteiger partial charge on any atom is 0.248 e. The number of aromatic nitrogens is 1. The Morgan fingerprint density at radius 2 is 1.95 bits per heavy atom. The lowest BCUT2D eigenvalue weighted by Crippen LogP contribution is -2.44. The lowest BCUT2D eigenvalue weighted by Gasteiger charge is -2.19. The maximum atomic E-state index is 12.2. The minimum Gasteiger partial charge on any atom is -0.354 e. The molecule has 20 heavy (non-hydrogen) atoms. The minimum absolute atomic E-state index is 0.254. The van der Waals surface area contributed by atoms with Crippen molar-refractivity contribution in [2.24, 2.45) is 5.92 Å². The molecule has 6 heteroatoms. The number of carbonyl (C=O) groups is 2. The Kier molecular flexibility index (Phi) is 5.73. The van der Waals surface area contributed by atoms with Crippen molar-refractivity contribution in [2.45, 2.75) is 40.2 Å². The second-order valence-corrected chi connectivity index (χ2v) is 5.35. The topological polar surface area (TPSA) is 71.1 Å². The van der Waals surface area contributed by atoms with E-state index < -0.39 is 11.8 Å². The minimum atomic E-state index is -0.709. The number of pyridine rings is 1. The fraction of sp³-hybridized carbons (Fsp3) is 0.500. The van der Waals surface area contributed by atoms with Crippen LogP contribution in [-0.2, 0) is 4.79 Å². The molecule has 2 N–H and O–H groups in total. The van der Waals surface area contributed by atoms with Crippen LogP contribution in [0.3, 0.4) is 0 Å². The molecule has 0 spiro atoms. The van der Waals surface area contributed by atoms with Crippen LogP contribution < -0.4 is 10.6 Å². The molecule has 1 heterocycles. The zero-order valence-corrected chi connectivity index (χ0v) is 12.4. The van der Waals surface area contributed by atoms with Crippen molar-refractivity contribution in [3.63, 3.8) is 0 Å². The molecule has 0 aliphatic carbocycles. The molecule has 0 saturated heterocycles. The summed E-state index contributed by atoms with van der Waals surface area (Å²) < 4.78 is 0. The summed E-state index contributed by atoms with van der Waals surface area (Å²) >= 11 is 0. The van der Waals surface area contributed by atoms with E-state index in [-0.39, 0.29) is 11.8 Å². The van der Waals surface area contributed by atoms with Crippen LogP contribution in [0.4, 0.5) is 10.6 Å². The summed E-state index contributed by atoms with van der Waals surface area (Å²) in [6, 6.07) is 3.04. The van der Waals surface area contributed by atoms with E-state index in [1.807, 2.05) is 33.8 Å². The number of anilines is 1. The quantitative estimate of drug-likeness (QED) is 0.805. The predicted octanol–water partition coefficient (Wildman–Crippen LogP) is 1.93. The molecule has 106 valence electrons. The number of carbonyl (C=O) groups excluding carboxylic acids is 2. The van der Waals surface area contributed by atoms with Crippen LogP contribution in [0, 0.1) is 19.8 Å². The van der Waals surface area contributed by atoms with Crippen LogP contribution in [0.2, 0.25) is 0 Å². The molecular formula is C14H20BN3O2. The number of nitrogens with one attached hydrogen (secondary N) is 2. The Morgan fingerprint density at radius 3 is 2.45 bits per heavy atom. The van der Waals surface area contributed by atoms with Gasteiger partial charge in [0.25, 0.3) is 0 Å². The van der Waals surface area contributed by atoms with Crippen molar-refractivity contribution in [2.75, 3.05) is 5.32 Å². The normalized spacial score (nSPS) is 12.1. The summed E-state index contributed by atoms with van der Waals surface area (Å²) in [6.45, 7) is 7.73. The van der Waals surface area contributed by atoms with Gasteiger partial charge in [0.2, 0.25) is 13.8 Å². The third kappa shape index (κ3) is 5.42. The van der Waals surface area contributed by atoms with Gasteiger partial charge < -0.3 is 10.6 Å². The Hall–Kier alpha value is -1.85. The first kappa shape index (κ1) is 16.2. The summed E-state index contributed by atoms with van der Waals surface area (Å²) in [6.07, 6.45) is 0.513. The molecular weight excluding hydrogens is 253 g/mol. The SMILES string of the molecule is [B]C(=O)N[C@@H](CC(C)C)C(=O)Nc1cc(C)cc(C)n1. The molecule has 1 aromatic heterocycles. The summed E-state index contributed by atoms with van der Waals surface area (Å²) in [5, 5.41) is 5.17. The van der Waals surface area contributed by atoms with Gasteiger partial charge in [-0.1, -0.05) is 13.8 Å². The van der Waals surface area contributed by atoms with Gasteiger partial charge in [-0.15, -0.1) is 0 Å². The van der Waals surface area contributed by atoms with E-state index in [0.717, 1.165) is 11.3 Å². The van der Waals surface area contributed by atoms with Gasteiger partial charge >= 0.3 is 0 Å². The van der Waals surface area contributed by atoms with Crippen molar-refractivity contribution in [3.8, 4) is 0 Å². The van der Waals surface area contributed by atoms with E-state index in [9.17, 15) is 9.59 Å². The number of rotatable bonds is 5. The molecule has 0 bridgehead atoms. The van der Waals surface area contributed by atoms with Gasteiger partial charge in [-0.05, 0) is 43.9 Å². The molecule has 1 rings (SSSR count). The molecule has 0 aliphatic rings. The molecule has 0 aromatic carbocycles. The standard InChI is InChI=1S/C14H20BN3O2/c1-8(2)5-11(17-14(15)20)13(19)18-12-7-9(3)6-10(4)16-12/h6-8,11H,5H2,1-4H3,(H,17,20)(H,16,18,19)/t11-/m0/s1. The molecule has 0 fully saturated rings. The second kappa shape index (κ2) is 7.08. The zero-order valence-electron chi connectivity index (χ0n) is 12.4. The fourth-order valence-corrected chi connectivity index (χ4v) is 1.99. The predicted molar refractivity (Wildman–Crippen MR) is 79.9 cm³/mol. The molecule has 0 unspecified atom stereocenters. The van der Waals surface area contributed by atoms with Crippen molar-refractivity contribution in [1.82, 2.24) is 10.3 Å². The molecule has 2 radical (unpaired) electrons. The van der Waals surface area contributed by atoms with Crippen LogP contribution >= 0.6 is 0 Å². The third-order valence-electron chi connectivity index (χ3n) is 2.69. The van der Waals surface area contributed by atoms with Gasteiger partial charge in [0.15, 0.2) is 5.81 Å². The summed E-state index contributed by atoms with van der Waals surface area (Å²) in [7, 11) is 5.10. The van der Waals surface area contributed by atoms with Crippen molar-refractivity contribution in [1.29, 1.82) is 0 Å². The van der Waals surface area contributed by atoms with Crippen LogP contribution in [0.5, 0.6) is 0 Å². The summed E-state index contributed by atoms with van der Waals surface area (Å²) in [5.41, 5.74) is 1.83. The van der Waals surface area contributed by atoms with E-state index in [1.165, 1.54) is 0 Å². The Bertz CT molecular complexity index is 483. The summed E-state index contributed by atoms with van der Waals surface area (Å²) in [4.78, 5) is 27.4. The Morgan fingerprint density at radius 1 is 1.30 bits per heavy atom. The largest absolute Gasteiger partial charge is 0.354 e. The summed E-state index contributed by atoms with van der Waals surface area (Å²) in [5.74, 6) is -0.286. The smallest absolute Gasteiger partial charge is 0.248 e. The van der Waals surface area contributed by atoms with Gasteiger partial charge in [-0.3, -0.25) is 9.59 Å². The van der Waals surface area contributed by atoms with Crippen LogP contribution in [0.25, 0.3) is 0 Å². The molecule has 1 aromatic rings. The van der Waals surface area contributed by atoms with Gasteiger partial charge in [-0.2, -0.15) is 0 Å². The highest BCUT2D eigenvalue weighted by Gasteiger charge is 2.20. The first-order valence-corrected chi connectivity index (χ1v) is 6.60. The highest BCUT2D eigenvalue weighted by Crippen LogP contribution is 2.11. The van der Waals surface area contributed by atoms with E-state index in [4.69, 9.17) is 7.85 Å². The number of hydrogen-bond acceptors (Lipinski definition) is 3. The Labute approximate surface area is 121 Å². The van der Waals surface area contributed by atoms with Crippen molar-refractivity contribution in [3.05, 3.63) is 23.4 Å². The van der Waals surface area contributed by atoms with Crippen molar-refractivity contribution < 1.29 is 9.59 Å². The van der Waals surface area contributed by atoms with Crippen LogP contribution in [0.15, 0.2) is 12.1 Å². The first-order valence-electron chi connectivity index (χ1n) is 6.60. The molecule has 0 aliphatic heterocycles. The molecule has 2 amide bonds. The lowest BCUT2D eigenvalue weighted by atomic mass is 10.0. The van der Waals surface area contributed by atoms with Crippen LogP contribution in [0.1, 0.15) is 31.5 Å². The maximum absolute atomic E-state index is 12.2. The number of aryl methyl sites for hydroxylation is 2. The average Bonchev–Trinajstić information content (AvgIpc) is 2.24. The third-order valence-corrected chi connectivity index (χ3v) is 2.69. The van der Waals surface area contributed by atoms with Gasteiger partial charge in [0.1, 0.15) is 11.9 Å². The van der Waals surface area contributed by atoms with E-state index in [2.05, 4.69) is 15.6 Å². The van der Waals surface area contributed by atoms with Gasteiger partial charge in [0.05, 0.1) is 0 Å². The van der Waals surface area contributed by atoms with Gasteiger partial charge in [0, 0.05) is 5.69 Å². The Balaban J connectivity index is 2.81. The highest BCUT2D eigenvalue weighted by atomic mass is 16.2.